The van der Waals surface area contributed by atoms with Crippen LogP contribution in [0.25, 0.3) is 0 Å². The molecule has 2 aromatic rings. The van der Waals surface area contributed by atoms with Gasteiger partial charge < -0.3 is 0 Å². The zero-order chi connectivity index (χ0) is 16.9. The van der Waals surface area contributed by atoms with Gasteiger partial charge in [0.1, 0.15) is 0 Å². The fourth-order valence-electron chi connectivity index (χ4n) is 1.37. The summed E-state index contributed by atoms with van der Waals surface area (Å²) in [6, 6.07) is 0.602. The fraction of sp³-hybridized carbons (Fsp3) is 0.857. The van der Waals surface area contributed by atoms with E-state index in [-0.39, 0.29) is 0 Å². The summed E-state index contributed by atoms with van der Waals surface area (Å²) in [6.45, 7) is 16.4. The summed E-state index contributed by atoms with van der Waals surface area (Å²) in [4.78, 5) is 3.27. The molecule has 124 valence electrons. The first-order valence-electron chi connectivity index (χ1n) is 7.81. The summed E-state index contributed by atoms with van der Waals surface area (Å²) in [5.74, 6) is 2.36. The van der Waals surface area contributed by atoms with Gasteiger partial charge in [-0.2, -0.15) is 9.59 Å². The van der Waals surface area contributed by atoms with E-state index in [1.54, 1.807) is 9.59 Å². The first-order chi connectivity index (χ1) is 10.2. The van der Waals surface area contributed by atoms with E-state index in [0.29, 0.717) is 23.9 Å². The average Bonchev–Trinajstić information content (AvgIpc) is 3.09. The lowest BCUT2D eigenvalue weighted by Crippen LogP contribution is -2.05. The summed E-state index contributed by atoms with van der Waals surface area (Å²) >= 11 is 0. The van der Waals surface area contributed by atoms with E-state index in [9.17, 15) is 0 Å². The average molecular weight is 308 g/mol. The Hall–Kier alpha value is -1.86. The topological polar surface area (TPSA) is 87.2 Å². The molecule has 2 aromatic heterocycles. The van der Waals surface area contributed by atoms with Crippen LogP contribution in [0.5, 0.6) is 0 Å². The highest BCUT2D eigenvalue weighted by Crippen LogP contribution is 2.08. The highest BCUT2D eigenvalue weighted by molar-refractivity contribution is 4.85. The first-order valence-corrected chi connectivity index (χ1v) is 7.81. The van der Waals surface area contributed by atoms with Gasteiger partial charge in [-0.25, -0.2) is 0 Å². The third-order valence-corrected chi connectivity index (χ3v) is 2.84. The van der Waals surface area contributed by atoms with Gasteiger partial charge in [-0.15, -0.1) is 20.4 Å². The summed E-state index contributed by atoms with van der Waals surface area (Å²) in [5.41, 5.74) is 0. The van der Waals surface area contributed by atoms with Crippen LogP contribution in [-0.2, 0) is 0 Å². The Labute approximate surface area is 132 Å². The molecule has 0 amide bonds. The monoisotopic (exact) mass is 308 g/mol. The summed E-state index contributed by atoms with van der Waals surface area (Å²) in [6.07, 6.45) is 0. The molecule has 8 nitrogen and oxygen atoms in total. The van der Waals surface area contributed by atoms with Crippen molar-refractivity contribution in [1.82, 2.24) is 40.4 Å². The first kappa shape index (κ1) is 18.2. The third kappa shape index (κ3) is 5.16. The van der Waals surface area contributed by atoms with Crippen molar-refractivity contribution in [3.8, 4) is 0 Å². The minimum absolute atomic E-state index is 0.301. The van der Waals surface area contributed by atoms with Gasteiger partial charge in [0, 0.05) is 11.8 Å². The van der Waals surface area contributed by atoms with E-state index in [1.165, 1.54) is 0 Å². The van der Waals surface area contributed by atoms with Crippen molar-refractivity contribution in [2.24, 2.45) is 0 Å². The van der Waals surface area contributed by atoms with Gasteiger partial charge in [0.25, 0.3) is 0 Å². The SMILES string of the molecule is CC(C)c1nnn(C(C)C)n1.CC(C)c1nnn(C(C)C)n1. The van der Waals surface area contributed by atoms with Crippen LogP contribution in [0.15, 0.2) is 0 Å². The predicted octanol–water partition coefficient (Wildman–Crippen LogP) is 2.75. The molecule has 0 bridgehead atoms. The van der Waals surface area contributed by atoms with E-state index < -0.39 is 0 Å². The molecule has 2 rings (SSSR count). The Balaban J connectivity index is 0.000000220. The van der Waals surface area contributed by atoms with E-state index in [2.05, 4.69) is 58.5 Å². The lowest BCUT2D eigenvalue weighted by molar-refractivity contribution is 0.452. The maximum absolute atomic E-state index is 4.20. The van der Waals surface area contributed by atoms with Crippen molar-refractivity contribution in [2.45, 2.75) is 79.3 Å². The number of aromatic nitrogens is 8. The van der Waals surface area contributed by atoms with Gasteiger partial charge in [-0.1, -0.05) is 27.7 Å². The zero-order valence-electron chi connectivity index (χ0n) is 14.9. The molecular formula is C14H28N8. The van der Waals surface area contributed by atoms with Crippen molar-refractivity contribution in [3.63, 3.8) is 0 Å². The molecular weight excluding hydrogens is 280 g/mol. The molecule has 0 radical (unpaired) electrons. The minimum Gasteiger partial charge on any atom is -0.162 e. The second kappa shape index (κ2) is 7.95. The number of hydrogen-bond donors (Lipinski definition) is 0. The van der Waals surface area contributed by atoms with Gasteiger partial charge in [-0.3, -0.25) is 0 Å². The van der Waals surface area contributed by atoms with E-state index in [4.69, 9.17) is 0 Å². The van der Waals surface area contributed by atoms with Gasteiger partial charge in [0.15, 0.2) is 11.6 Å². The molecule has 0 aliphatic carbocycles. The second-order valence-corrected chi connectivity index (χ2v) is 6.43. The minimum atomic E-state index is 0.301. The molecule has 2 heterocycles. The van der Waals surface area contributed by atoms with Crippen molar-refractivity contribution >= 4 is 0 Å². The van der Waals surface area contributed by atoms with Gasteiger partial charge in [-0.05, 0) is 38.1 Å². The molecule has 0 N–H and O–H groups in total. The summed E-state index contributed by atoms with van der Waals surface area (Å²) < 4.78 is 0. The van der Waals surface area contributed by atoms with Crippen LogP contribution in [-0.4, -0.2) is 40.4 Å². The summed E-state index contributed by atoms with van der Waals surface area (Å²) in [5, 5.41) is 24.1. The quantitative estimate of drug-likeness (QED) is 0.863. The molecule has 0 aliphatic rings. The number of hydrogen-bond acceptors (Lipinski definition) is 6. The molecule has 0 fully saturated rings. The van der Waals surface area contributed by atoms with Crippen LogP contribution in [0.3, 0.4) is 0 Å². The Morgan fingerprint density at radius 3 is 1.05 bits per heavy atom. The fourth-order valence-corrected chi connectivity index (χ4v) is 1.37. The van der Waals surface area contributed by atoms with Crippen molar-refractivity contribution in [2.75, 3.05) is 0 Å². The Morgan fingerprint density at radius 2 is 0.909 bits per heavy atom. The standard InChI is InChI=1S/2C7H14N4/c2*1-5(2)7-8-10-11(9-7)6(3)4/h2*5-6H,1-4H3. The molecule has 0 saturated heterocycles. The number of rotatable bonds is 4. The van der Waals surface area contributed by atoms with E-state index >= 15 is 0 Å². The van der Waals surface area contributed by atoms with Crippen LogP contribution in [0.1, 0.15) is 91.0 Å². The number of nitrogens with zero attached hydrogens (tertiary/aromatic N) is 8. The lowest BCUT2D eigenvalue weighted by Gasteiger charge is -1.99. The van der Waals surface area contributed by atoms with Crippen LogP contribution in [0.4, 0.5) is 0 Å². The maximum Gasteiger partial charge on any atom is 0.177 e. The molecule has 0 unspecified atom stereocenters. The lowest BCUT2D eigenvalue weighted by atomic mass is 10.2. The molecule has 0 atom stereocenters. The molecule has 0 saturated carbocycles. The molecule has 8 heteroatoms. The molecule has 0 aromatic carbocycles. The predicted molar refractivity (Wildman–Crippen MR) is 84.6 cm³/mol. The van der Waals surface area contributed by atoms with Gasteiger partial charge in [0.2, 0.25) is 0 Å². The van der Waals surface area contributed by atoms with Crippen molar-refractivity contribution < 1.29 is 0 Å². The highest BCUT2D eigenvalue weighted by atomic mass is 15.6. The van der Waals surface area contributed by atoms with Crippen LogP contribution in [0, 0.1) is 0 Å². The second-order valence-electron chi connectivity index (χ2n) is 6.43. The molecule has 0 spiro atoms. The van der Waals surface area contributed by atoms with Crippen LogP contribution >= 0.6 is 0 Å². The zero-order valence-corrected chi connectivity index (χ0v) is 14.9. The third-order valence-electron chi connectivity index (χ3n) is 2.84. The highest BCUT2D eigenvalue weighted by Gasteiger charge is 2.08. The maximum atomic E-state index is 4.20. The van der Waals surface area contributed by atoms with Crippen LogP contribution in [0.2, 0.25) is 0 Å². The molecule has 0 aliphatic heterocycles. The Kier molecular flexibility index (Phi) is 6.58. The smallest absolute Gasteiger partial charge is 0.162 e. The molecule has 22 heavy (non-hydrogen) atoms. The van der Waals surface area contributed by atoms with E-state index in [0.717, 1.165) is 11.6 Å². The van der Waals surface area contributed by atoms with Crippen molar-refractivity contribution in [3.05, 3.63) is 11.6 Å². The Morgan fingerprint density at radius 1 is 0.591 bits per heavy atom. The summed E-state index contributed by atoms with van der Waals surface area (Å²) in [7, 11) is 0. The normalized spacial score (nSPS) is 11.5. The van der Waals surface area contributed by atoms with Crippen LogP contribution < -0.4 is 0 Å². The van der Waals surface area contributed by atoms with E-state index in [1.807, 2.05) is 27.7 Å². The number of tetrazole rings is 2. The Bertz CT molecular complexity index is 457. The van der Waals surface area contributed by atoms with Crippen molar-refractivity contribution in [1.29, 1.82) is 0 Å². The largest absolute Gasteiger partial charge is 0.177 e. The van der Waals surface area contributed by atoms with Gasteiger partial charge in [0.05, 0.1) is 12.1 Å². The van der Waals surface area contributed by atoms with Gasteiger partial charge >= 0.3 is 0 Å².